The minimum absolute atomic E-state index is 0.536. The van der Waals surface area contributed by atoms with Gasteiger partial charge >= 0.3 is 0 Å². The maximum Gasteiger partial charge on any atom is 0.122 e. The Balaban J connectivity index is 2.81. The summed E-state index contributed by atoms with van der Waals surface area (Å²) in [6.45, 7) is 2.57. The van der Waals surface area contributed by atoms with Crippen molar-refractivity contribution >= 4 is 0 Å². The zero-order valence-electron chi connectivity index (χ0n) is 8.04. The molecule has 1 aromatic rings. The van der Waals surface area contributed by atoms with E-state index in [4.69, 9.17) is 10.6 Å². The van der Waals surface area contributed by atoms with Crippen molar-refractivity contribution in [1.82, 2.24) is 0 Å². The first-order chi connectivity index (χ1) is 6.29. The van der Waals surface area contributed by atoms with E-state index < -0.39 is 0 Å². The Hall–Kier alpha value is -1.06. The molecule has 0 aliphatic rings. The molecule has 2 N–H and O–H groups in total. The summed E-state index contributed by atoms with van der Waals surface area (Å²) in [6, 6.07) is 5.97. The summed E-state index contributed by atoms with van der Waals surface area (Å²) in [5.41, 5.74) is 2.37. The molecule has 0 heterocycles. The third-order valence-electron chi connectivity index (χ3n) is 2.11. The first kappa shape index (κ1) is 10.0. The fourth-order valence-corrected chi connectivity index (χ4v) is 1.32. The SMILES string of the molecule is COc1cccc(CCON)c1C. The van der Waals surface area contributed by atoms with Crippen LogP contribution in [0.4, 0.5) is 0 Å². The second kappa shape index (κ2) is 4.84. The summed E-state index contributed by atoms with van der Waals surface area (Å²) < 4.78 is 5.19. The molecule has 0 bridgehead atoms. The lowest BCUT2D eigenvalue weighted by Crippen LogP contribution is -2.05. The van der Waals surface area contributed by atoms with Crippen molar-refractivity contribution in [1.29, 1.82) is 0 Å². The first-order valence-corrected chi connectivity index (χ1v) is 4.23. The third-order valence-corrected chi connectivity index (χ3v) is 2.11. The number of hydrogen-bond donors (Lipinski definition) is 1. The van der Waals surface area contributed by atoms with Crippen molar-refractivity contribution in [3.05, 3.63) is 29.3 Å². The number of hydrogen-bond acceptors (Lipinski definition) is 3. The first-order valence-electron chi connectivity index (χ1n) is 4.23. The van der Waals surface area contributed by atoms with Crippen molar-refractivity contribution in [3.8, 4) is 5.75 Å². The lowest BCUT2D eigenvalue weighted by Gasteiger charge is -2.09. The van der Waals surface area contributed by atoms with Crippen LogP contribution in [0.15, 0.2) is 18.2 Å². The van der Waals surface area contributed by atoms with E-state index in [1.165, 1.54) is 5.56 Å². The van der Waals surface area contributed by atoms with E-state index in [9.17, 15) is 0 Å². The molecule has 3 heteroatoms. The lowest BCUT2D eigenvalue weighted by molar-refractivity contribution is 0.141. The van der Waals surface area contributed by atoms with Crippen molar-refractivity contribution in [3.63, 3.8) is 0 Å². The number of ether oxygens (including phenoxy) is 1. The quantitative estimate of drug-likeness (QED) is 0.715. The summed E-state index contributed by atoms with van der Waals surface area (Å²) in [5.74, 6) is 5.88. The topological polar surface area (TPSA) is 44.5 Å². The molecule has 13 heavy (non-hydrogen) atoms. The fraction of sp³-hybridized carbons (Fsp3) is 0.400. The van der Waals surface area contributed by atoms with Gasteiger partial charge in [-0.05, 0) is 30.5 Å². The number of nitrogens with two attached hydrogens (primary N) is 1. The predicted molar refractivity (Wildman–Crippen MR) is 51.6 cm³/mol. The Labute approximate surface area is 78.4 Å². The molecule has 0 aliphatic carbocycles. The van der Waals surface area contributed by atoms with Gasteiger partial charge < -0.3 is 9.57 Å². The molecule has 0 aromatic heterocycles. The smallest absolute Gasteiger partial charge is 0.122 e. The van der Waals surface area contributed by atoms with Crippen LogP contribution >= 0.6 is 0 Å². The Bertz CT molecular complexity index is 274. The third kappa shape index (κ3) is 2.44. The van der Waals surface area contributed by atoms with E-state index in [2.05, 4.69) is 10.9 Å². The number of methoxy groups -OCH3 is 1. The molecule has 0 aliphatic heterocycles. The van der Waals surface area contributed by atoms with Crippen LogP contribution in [0.2, 0.25) is 0 Å². The molecule has 0 fully saturated rings. The zero-order chi connectivity index (χ0) is 9.68. The zero-order valence-corrected chi connectivity index (χ0v) is 8.04. The summed E-state index contributed by atoms with van der Waals surface area (Å²) in [6.07, 6.45) is 0.819. The summed E-state index contributed by atoms with van der Waals surface area (Å²) in [5, 5.41) is 0. The second-order valence-electron chi connectivity index (χ2n) is 2.87. The molecule has 0 saturated heterocycles. The van der Waals surface area contributed by atoms with Crippen molar-refractivity contribution in [2.24, 2.45) is 5.90 Å². The van der Waals surface area contributed by atoms with E-state index >= 15 is 0 Å². The Morgan fingerprint density at radius 1 is 1.38 bits per heavy atom. The molecular weight excluding hydrogens is 166 g/mol. The average Bonchev–Trinajstić information content (AvgIpc) is 2.16. The van der Waals surface area contributed by atoms with Gasteiger partial charge in [0.25, 0.3) is 0 Å². The molecule has 1 aromatic carbocycles. The highest BCUT2D eigenvalue weighted by Crippen LogP contribution is 2.20. The largest absolute Gasteiger partial charge is 0.496 e. The van der Waals surface area contributed by atoms with Crippen LogP contribution in [0, 0.1) is 6.92 Å². The molecule has 0 spiro atoms. The van der Waals surface area contributed by atoms with Crippen molar-refractivity contribution in [2.75, 3.05) is 13.7 Å². The standard InChI is InChI=1S/C10H15NO2/c1-8-9(6-7-13-11)4-3-5-10(8)12-2/h3-5H,6-7,11H2,1-2H3. The molecule has 0 radical (unpaired) electrons. The molecule has 3 nitrogen and oxygen atoms in total. The van der Waals surface area contributed by atoms with Gasteiger partial charge in [-0.2, -0.15) is 0 Å². The molecule has 0 amide bonds. The van der Waals surface area contributed by atoms with Crippen LogP contribution in [0.25, 0.3) is 0 Å². The highest BCUT2D eigenvalue weighted by Gasteiger charge is 2.02. The van der Waals surface area contributed by atoms with Crippen LogP contribution in [0.5, 0.6) is 5.75 Å². The summed E-state index contributed by atoms with van der Waals surface area (Å²) in [4.78, 5) is 4.53. The van der Waals surface area contributed by atoms with Crippen molar-refractivity contribution < 1.29 is 9.57 Å². The van der Waals surface area contributed by atoms with Gasteiger partial charge in [0, 0.05) is 0 Å². The molecule has 0 saturated carbocycles. The van der Waals surface area contributed by atoms with Gasteiger partial charge in [0.1, 0.15) is 5.75 Å². The molecule has 0 unspecified atom stereocenters. The maximum absolute atomic E-state index is 5.19. The van der Waals surface area contributed by atoms with Crippen LogP contribution in [0.3, 0.4) is 0 Å². The van der Waals surface area contributed by atoms with Crippen molar-refractivity contribution in [2.45, 2.75) is 13.3 Å². The minimum atomic E-state index is 0.536. The van der Waals surface area contributed by atoms with Gasteiger partial charge in [-0.25, -0.2) is 5.90 Å². The van der Waals surface area contributed by atoms with Gasteiger partial charge in [-0.3, -0.25) is 0 Å². The van der Waals surface area contributed by atoms with Gasteiger partial charge in [-0.1, -0.05) is 12.1 Å². The maximum atomic E-state index is 5.19. The highest BCUT2D eigenvalue weighted by atomic mass is 16.6. The number of rotatable bonds is 4. The van der Waals surface area contributed by atoms with Crippen LogP contribution in [-0.2, 0) is 11.3 Å². The molecule has 0 atom stereocenters. The van der Waals surface area contributed by atoms with E-state index in [0.717, 1.165) is 17.7 Å². The van der Waals surface area contributed by atoms with E-state index in [1.54, 1.807) is 7.11 Å². The van der Waals surface area contributed by atoms with Crippen LogP contribution in [0.1, 0.15) is 11.1 Å². The number of benzene rings is 1. The summed E-state index contributed by atoms with van der Waals surface area (Å²) in [7, 11) is 1.67. The van der Waals surface area contributed by atoms with Crippen LogP contribution in [-0.4, -0.2) is 13.7 Å². The molecular formula is C10H15NO2. The Morgan fingerprint density at radius 2 is 2.15 bits per heavy atom. The predicted octanol–water partition coefficient (Wildman–Crippen LogP) is 1.44. The fourth-order valence-electron chi connectivity index (χ4n) is 1.32. The molecule has 72 valence electrons. The second-order valence-corrected chi connectivity index (χ2v) is 2.87. The van der Waals surface area contributed by atoms with Gasteiger partial charge in [0.05, 0.1) is 13.7 Å². The lowest BCUT2D eigenvalue weighted by atomic mass is 10.1. The average molecular weight is 181 g/mol. The van der Waals surface area contributed by atoms with Gasteiger partial charge in [0.2, 0.25) is 0 Å². The Kier molecular flexibility index (Phi) is 3.73. The monoisotopic (exact) mass is 181 g/mol. The van der Waals surface area contributed by atoms with Gasteiger partial charge in [-0.15, -0.1) is 0 Å². The van der Waals surface area contributed by atoms with Gasteiger partial charge in [0.15, 0.2) is 0 Å². The normalized spacial score (nSPS) is 10.1. The molecule has 1 rings (SSSR count). The van der Waals surface area contributed by atoms with Crippen LogP contribution < -0.4 is 10.6 Å². The highest BCUT2D eigenvalue weighted by molar-refractivity contribution is 5.39. The minimum Gasteiger partial charge on any atom is -0.496 e. The Morgan fingerprint density at radius 3 is 2.77 bits per heavy atom. The van der Waals surface area contributed by atoms with E-state index in [1.807, 2.05) is 19.1 Å². The van der Waals surface area contributed by atoms with E-state index in [0.29, 0.717) is 6.61 Å². The van der Waals surface area contributed by atoms with E-state index in [-0.39, 0.29) is 0 Å². The summed E-state index contributed by atoms with van der Waals surface area (Å²) >= 11 is 0.